The molecule has 102 valence electrons. The molecule has 0 fully saturated rings. The SMILES string of the molecule is Nc1cccc2c1CCN2C(=O)c1cc(Cl)cc(Br)c1. The van der Waals surface area contributed by atoms with Crippen LogP contribution in [0.5, 0.6) is 0 Å². The van der Waals surface area contributed by atoms with Gasteiger partial charge < -0.3 is 10.6 Å². The standard InChI is InChI=1S/C15H12BrClN2O/c16-10-6-9(7-11(17)8-10)15(20)19-5-4-12-13(18)2-1-3-14(12)19/h1-3,6-8H,4-5,18H2. The molecule has 1 aliphatic heterocycles. The third-order valence-electron chi connectivity index (χ3n) is 3.42. The molecule has 20 heavy (non-hydrogen) atoms. The number of nitrogen functional groups attached to an aromatic ring is 1. The summed E-state index contributed by atoms with van der Waals surface area (Å²) < 4.78 is 0.792. The van der Waals surface area contributed by atoms with E-state index in [9.17, 15) is 4.79 Å². The maximum Gasteiger partial charge on any atom is 0.258 e. The number of rotatable bonds is 1. The van der Waals surface area contributed by atoms with E-state index in [1.807, 2.05) is 18.2 Å². The number of halogens is 2. The van der Waals surface area contributed by atoms with Gasteiger partial charge in [0.2, 0.25) is 0 Å². The van der Waals surface area contributed by atoms with Crippen molar-refractivity contribution in [1.82, 2.24) is 0 Å². The van der Waals surface area contributed by atoms with Gasteiger partial charge in [-0.1, -0.05) is 33.6 Å². The van der Waals surface area contributed by atoms with Crippen LogP contribution < -0.4 is 10.6 Å². The summed E-state index contributed by atoms with van der Waals surface area (Å²) in [5.41, 5.74) is 9.20. The molecular weight excluding hydrogens is 340 g/mol. The first-order valence-electron chi connectivity index (χ1n) is 6.21. The Hall–Kier alpha value is -1.52. The number of nitrogens with zero attached hydrogens (tertiary/aromatic N) is 1. The van der Waals surface area contributed by atoms with Crippen molar-refractivity contribution < 1.29 is 4.79 Å². The Balaban J connectivity index is 2.00. The van der Waals surface area contributed by atoms with Crippen molar-refractivity contribution in [3.8, 4) is 0 Å². The van der Waals surface area contributed by atoms with E-state index in [4.69, 9.17) is 17.3 Å². The molecule has 3 rings (SSSR count). The van der Waals surface area contributed by atoms with Crippen LogP contribution in [-0.2, 0) is 6.42 Å². The number of carbonyl (C=O) groups is 1. The quantitative estimate of drug-likeness (QED) is 0.792. The fraction of sp³-hybridized carbons (Fsp3) is 0.133. The van der Waals surface area contributed by atoms with Gasteiger partial charge in [0.15, 0.2) is 0 Å². The van der Waals surface area contributed by atoms with E-state index in [2.05, 4.69) is 15.9 Å². The lowest BCUT2D eigenvalue weighted by atomic mass is 10.1. The highest BCUT2D eigenvalue weighted by Gasteiger charge is 2.26. The first-order chi connectivity index (χ1) is 9.56. The van der Waals surface area contributed by atoms with E-state index in [-0.39, 0.29) is 5.91 Å². The molecule has 5 heteroatoms. The Kier molecular flexibility index (Phi) is 3.44. The highest BCUT2D eigenvalue weighted by atomic mass is 79.9. The molecule has 2 aromatic rings. The summed E-state index contributed by atoms with van der Waals surface area (Å²) in [6.07, 6.45) is 0.787. The molecule has 0 saturated heterocycles. The van der Waals surface area contributed by atoms with Gasteiger partial charge in [0, 0.05) is 38.5 Å². The number of hydrogen-bond acceptors (Lipinski definition) is 2. The number of anilines is 2. The maximum atomic E-state index is 12.6. The van der Waals surface area contributed by atoms with Gasteiger partial charge >= 0.3 is 0 Å². The predicted octanol–water partition coefficient (Wildman–Crippen LogP) is 3.89. The third-order valence-corrected chi connectivity index (χ3v) is 4.09. The van der Waals surface area contributed by atoms with Crippen LogP contribution in [0.2, 0.25) is 5.02 Å². The molecule has 0 saturated carbocycles. The summed E-state index contributed by atoms with van der Waals surface area (Å²) in [5, 5.41) is 0.537. The monoisotopic (exact) mass is 350 g/mol. The van der Waals surface area contributed by atoms with Gasteiger partial charge in [-0.25, -0.2) is 0 Å². The van der Waals surface area contributed by atoms with Crippen LogP contribution in [-0.4, -0.2) is 12.5 Å². The van der Waals surface area contributed by atoms with Crippen LogP contribution in [0.4, 0.5) is 11.4 Å². The molecule has 1 amide bonds. The Bertz CT molecular complexity index is 682. The maximum absolute atomic E-state index is 12.6. The van der Waals surface area contributed by atoms with Crippen molar-refractivity contribution in [2.75, 3.05) is 17.2 Å². The second-order valence-corrected chi connectivity index (χ2v) is 6.06. The average molecular weight is 352 g/mol. The van der Waals surface area contributed by atoms with Gasteiger partial charge in [0.25, 0.3) is 5.91 Å². The second-order valence-electron chi connectivity index (χ2n) is 4.71. The summed E-state index contributed by atoms with van der Waals surface area (Å²) in [5.74, 6) is -0.0578. The number of fused-ring (bicyclic) bond motifs is 1. The first kappa shape index (κ1) is 13.5. The van der Waals surface area contributed by atoms with Crippen LogP contribution in [0, 0.1) is 0 Å². The Morgan fingerprint density at radius 2 is 2.10 bits per heavy atom. The number of nitrogens with two attached hydrogens (primary N) is 1. The van der Waals surface area contributed by atoms with Crippen LogP contribution >= 0.6 is 27.5 Å². The second kappa shape index (κ2) is 5.11. The van der Waals surface area contributed by atoms with Crippen LogP contribution in [0.25, 0.3) is 0 Å². The Morgan fingerprint density at radius 1 is 1.30 bits per heavy atom. The lowest BCUT2D eigenvalue weighted by Gasteiger charge is -2.18. The number of amides is 1. The van der Waals surface area contributed by atoms with Gasteiger partial charge in [0.1, 0.15) is 0 Å². The van der Waals surface area contributed by atoms with Crippen LogP contribution in [0.1, 0.15) is 15.9 Å². The molecule has 0 aromatic heterocycles. The smallest absolute Gasteiger partial charge is 0.258 e. The van der Waals surface area contributed by atoms with Crippen molar-refractivity contribution in [2.24, 2.45) is 0 Å². The average Bonchev–Trinajstić information content (AvgIpc) is 2.82. The Morgan fingerprint density at radius 3 is 2.85 bits per heavy atom. The van der Waals surface area contributed by atoms with Crippen molar-refractivity contribution in [2.45, 2.75) is 6.42 Å². The van der Waals surface area contributed by atoms with Crippen molar-refractivity contribution in [3.63, 3.8) is 0 Å². The molecule has 2 aromatic carbocycles. The zero-order chi connectivity index (χ0) is 14.3. The number of carbonyl (C=O) groups excluding carboxylic acids is 1. The van der Waals surface area contributed by atoms with Gasteiger partial charge in [-0.2, -0.15) is 0 Å². The lowest BCUT2D eigenvalue weighted by molar-refractivity contribution is 0.0989. The third kappa shape index (κ3) is 2.30. The van der Waals surface area contributed by atoms with E-state index in [0.717, 1.165) is 27.8 Å². The summed E-state index contributed by atoms with van der Waals surface area (Å²) in [7, 11) is 0. The van der Waals surface area contributed by atoms with Gasteiger partial charge in [-0.3, -0.25) is 4.79 Å². The van der Waals surface area contributed by atoms with Gasteiger partial charge in [-0.05, 0) is 36.8 Å². The molecule has 0 spiro atoms. The largest absolute Gasteiger partial charge is 0.398 e. The minimum absolute atomic E-state index is 0.0578. The van der Waals surface area contributed by atoms with Crippen LogP contribution in [0.15, 0.2) is 40.9 Å². The number of benzene rings is 2. The molecule has 2 N–H and O–H groups in total. The summed E-state index contributed by atoms with van der Waals surface area (Å²) in [6.45, 7) is 0.645. The van der Waals surface area contributed by atoms with Crippen molar-refractivity contribution in [3.05, 3.63) is 57.0 Å². The van der Waals surface area contributed by atoms with E-state index in [0.29, 0.717) is 17.1 Å². The molecule has 1 aliphatic rings. The Labute approximate surface area is 130 Å². The molecular formula is C15H12BrClN2O. The van der Waals surface area contributed by atoms with Crippen molar-refractivity contribution >= 4 is 44.8 Å². The fourth-order valence-corrected chi connectivity index (χ4v) is 3.37. The highest BCUT2D eigenvalue weighted by molar-refractivity contribution is 9.10. The number of hydrogen-bond donors (Lipinski definition) is 1. The van der Waals surface area contributed by atoms with E-state index < -0.39 is 0 Å². The summed E-state index contributed by atoms with van der Waals surface area (Å²) in [4.78, 5) is 14.4. The van der Waals surface area contributed by atoms with Gasteiger partial charge in [-0.15, -0.1) is 0 Å². The molecule has 0 atom stereocenters. The summed E-state index contributed by atoms with van der Waals surface area (Å²) >= 11 is 9.36. The molecule has 0 bridgehead atoms. The van der Waals surface area contributed by atoms with Gasteiger partial charge in [0.05, 0.1) is 0 Å². The molecule has 0 unspecified atom stereocenters. The van der Waals surface area contributed by atoms with E-state index in [1.165, 1.54) is 0 Å². The normalized spacial score (nSPS) is 13.4. The molecule has 0 aliphatic carbocycles. The molecule has 3 nitrogen and oxygen atoms in total. The van der Waals surface area contributed by atoms with E-state index >= 15 is 0 Å². The summed E-state index contributed by atoms with van der Waals surface area (Å²) in [6, 6.07) is 10.9. The first-order valence-corrected chi connectivity index (χ1v) is 7.38. The van der Waals surface area contributed by atoms with E-state index in [1.54, 1.807) is 23.1 Å². The minimum Gasteiger partial charge on any atom is -0.398 e. The predicted molar refractivity (Wildman–Crippen MR) is 85.4 cm³/mol. The zero-order valence-electron chi connectivity index (χ0n) is 10.6. The highest BCUT2D eigenvalue weighted by Crippen LogP contribution is 2.33. The lowest BCUT2D eigenvalue weighted by Crippen LogP contribution is -2.28. The van der Waals surface area contributed by atoms with Crippen molar-refractivity contribution in [1.29, 1.82) is 0 Å². The zero-order valence-corrected chi connectivity index (χ0v) is 12.9. The molecule has 1 heterocycles. The van der Waals surface area contributed by atoms with Crippen LogP contribution in [0.3, 0.4) is 0 Å². The fourth-order valence-electron chi connectivity index (χ4n) is 2.51. The minimum atomic E-state index is -0.0578. The molecule has 0 radical (unpaired) electrons. The topological polar surface area (TPSA) is 46.3 Å².